The molecule has 3 saturated carbocycles. The lowest BCUT2D eigenvalue weighted by Crippen LogP contribution is -2.62. The highest BCUT2D eigenvalue weighted by atomic mass is 15.5. The summed E-state index contributed by atoms with van der Waals surface area (Å²) in [6, 6.07) is 2.41. The van der Waals surface area contributed by atoms with Gasteiger partial charge in [-0.05, 0) is 31.6 Å². The summed E-state index contributed by atoms with van der Waals surface area (Å²) in [7, 11) is 0. The van der Waals surface area contributed by atoms with Crippen molar-refractivity contribution in [2.45, 2.75) is 60.4 Å². The molecule has 3 fully saturated rings. The van der Waals surface area contributed by atoms with Crippen molar-refractivity contribution in [2.75, 3.05) is 0 Å². The Hall–Kier alpha value is -1.37. The van der Waals surface area contributed by atoms with E-state index in [0.29, 0.717) is 5.41 Å². The fourth-order valence-electron chi connectivity index (χ4n) is 3.04. The van der Waals surface area contributed by atoms with Crippen LogP contribution < -0.4 is 0 Å². The molecule has 0 spiro atoms. The van der Waals surface area contributed by atoms with Gasteiger partial charge in [0.2, 0.25) is 0 Å². The Morgan fingerprint density at radius 3 is 2.22 bits per heavy atom. The molecule has 18 heavy (non-hydrogen) atoms. The fourth-order valence-corrected chi connectivity index (χ4v) is 3.04. The predicted molar refractivity (Wildman–Crippen MR) is 71.8 cm³/mol. The van der Waals surface area contributed by atoms with E-state index in [9.17, 15) is 0 Å². The third-order valence-corrected chi connectivity index (χ3v) is 3.51. The molecule has 4 heteroatoms. The van der Waals surface area contributed by atoms with E-state index in [0.717, 1.165) is 31.5 Å². The first-order valence-corrected chi connectivity index (χ1v) is 6.94. The monoisotopic (exact) mass is 248 g/mol. The van der Waals surface area contributed by atoms with Gasteiger partial charge in [0.15, 0.2) is 0 Å². The first kappa shape index (κ1) is 14.7. The number of hydrogen-bond donors (Lipinski definition) is 0. The second-order valence-electron chi connectivity index (χ2n) is 4.94. The zero-order chi connectivity index (χ0) is 13.8. The summed E-state index contributed by atoms with van der Waals surface area (Å²) < 4.78 is 0. The number of nitriles is 1. The van der Waals surface area contributed by atoms with E-state index in [1.165, 1.54) is 0 Å². The molecule has 100 valence electrons. The zero-order valence-corrected chi connectivity index (χ0v) is 12.2. The molecule has 0 radical (unpaired) electrons. The van der Waals surface area contributed by atoms with Gasteiger partial charge in [0.25, 0.3) is 0 Å². The first-order chi connectivity index (χ1) is 8.65. The van der Waals surface area contributed by atoms with Crippen molar-refractivity contribution in [3.05, 3.63) is 11.9 Å². The SMILES string of the molecule is CC.CC.Cc1cnn(CC23CC(C#N)(C2)C3)n1. The highest BCUT2D eigenvalue weighted by Gasteiger charge is 2.68. The lowest BCUT2D eigenvalue weighted by Gasteiger charge is -2.66. The quantitative estimate of drug-likeness (QED) is 0.806. The Morgan fingerprint density at radius 1 is 1.28 bits per heavy atom. The van der Waals surface area contributed by atoms with E-state index in [1.807, 2.05) is 34.6 Å². The second-order valence-corrected chi connectivity index (χ2v) is 4.94. The summed E-state index contributed by atoms with van der Waals surface area (Å²) in [5.74, 6) is 0. The van der Waals surface area contributed by atoms with E-state index >= 15 is 0 Å². The third-order valence-electron chi connectivity index (χ3n) is 3.51. The van der Waals surface area contributed by atoms with Crippen LogP contribution in [0, 0.1) is 29.1 Å². The number of aromatic nitrogens is 3. The molecule has 1 aromatic rings. The predicted octanol–water partition coefficient (Wildman–Crippen LogP) is 3.33. The van der Waals surface area contributed by atoms with Crippen LogP contribution in [-0.2, 0) is 6.54 Å². The summed E-state index contributed by atoms with van der Waals surface area (Å²) in [5.41, 5.74) is 1.37. The van der Waals surface area contributed by atoms with Crippen LogP contribution >= 0.6 is 0 Å². The summed E-state index contributed by atoms with van der Waals surface area (Å²) >= 11 is 0. The Balaban J connectivity index is 0.000000371. The Labute approximate surface area is 110 Å². The molecule has 0 N–H and O–H groups in total. The maximum Gasteiger partial charge on any atom is 0.0796 e. The molecule has 0 amide bonds. The molecule has 3 aliphatic rings. The van der Waals surface area contributed by atoms with Crippen molar-refractivity contribution in [2.24, 2.45) is 10.8 Å². The maximum atomic E-state index is 8.88. The van der Waals surface area contributed by atoms with Crippen molar-refractivity contribution in [3.63, 3.8) is 0 Å². The second kappa shape index (κ2) is 5.51. The first-order valence-electron chi connectivity index (χ1n) is 6.94. The fraction of sp³-hybridized carbons (Fsp3) is 0.786. The minimum atomic E-state index is 0.0438. The lowest BCUT2D eigenvalue weighted by atomic mass is 9.36. The minimum Gasteiger partial charge on any atom is -0.198 e. The third kappa shape index (κ3) is 2.40. The summed E-state index contributed by atoms with van der Waals surface area (Å²) in [6.45, 7) is 10.8. The number of nitrogens with zero attached hydrogens (tertiary/aromatic N) is 4. The Bertz CT molecular complexity index is 407. The van der Waals surface area contributed by atoms with Gasteiger partial charge in [-0.25, -0.2) is 0 Å². The van der Waals surface area contributed by atoms with Crippen molar-refractivity contribution in [1.29, 1.82) is 5.26 Å². The van der Waals surface area contributed by atoms with Crippen LogP contribution in [0.2, 0.25) is 0 Å². The average Bonchev–Trinajstić information content (AvgIpc) is 2.73. The van der Waals surface area contributed by atoms with Gasteiger partial charge in [0, 0.05) is 0 Å². The minimum absolute atomic E-state index is 0.0438. The number of hydrogen-bond acceptors (Lipinski definition) is 3. The highest BCUT2D eigenvalue weighted by Crippen LogP contribution is 2.73. The van der Waals surface area contributed by atoms with Crippen LogP contribution in [0.25, 0.3) is 0 Å². The molecule has 1 aromatic heterocycles. The maximum absolute atomic E-state index is 8.88. The highest BCUT2D eigenvalue weighted by molar-refractivity contribution is 5.25. The standard InChI is InChI=1S/C10H12N4.2C2H6/c1-8-2-12-14(13-8)7-10-3-9(4-10,5-10)6-11;2*1-2/h2H,3-5,7H2,1H3;2*1-2H3. The van der Waals surface area contributed by atoms with Gasteiger partial charge in [-0.15, -0.1) is 0 Å². The van der Waals surface area contributed by atoms with Gasteiger partial charge in [0.1, 0.15) is 0 Å². The zero-order valence-electron chi connectivity index (χ0n) is 12.2. The molecule has 1 heterocycles. The van der Waals surface area contributed by atoms with E-state index in [-0.39, 0.29) is 5.41 Å². The van der Waals surface area contributed by atoms with Crippen molar-refractivity contribution in [1.82, 2.24) is 15.0 Å². The smallest absolute Gasteiger partial charge is 0.0796 e. The van der Waals surface area contributed by atoms with E-state index < -0.39 is 0 Å². The molecule has 3 aliphatic carbocycles. The van der Waals surface area contributed by atoms with Gasteiger partial charge in [0.05, 0.1) is 29.9 Å². The van der Waals surface area contributed by atoms with Crippen LogP contribution in [0.4, 0.5) is 0 Å². The largest absolute Gasteiger partial charge is 0.198 e. The van der Waals surface area contributed by atoms with Gasteiger partial charge in [-0.2, -0.15) is 20.3 Å². The normalized spacial score (nSPS) is 30.4. The molecule has 0 unspecified atom stereocenters. The Morgan fingerprint density at radius 2 is 1.83 bits per heavy atom. The summed E-state index contributed by atoms with van der Waals surface area (Å²) in [6.07, 6.45) is 4.94. The molecular weight excluding hydrogens is 224 g/mol. The van der Waals surface area contributed by atoms with Crippen LogP contribution in [0.15, 0.2) is 6.20 Å². The summed E-state index contributed by atoms with van der Waals surface area (Å²) in [5, 5.41) is 17.3. The molecule has 2 bridgehead atoms. The van der Waals surface area contributed by atoms with Crippen LogP contribution in [0.1, 0.15) is 52.7 Å². The number of rotatable bonds is 2. The van der Waals surface area contributed by atoms with Crippen LogP contribution in [0.5, 0.6) is 0 Å². The van der Waals surface area contributed by atoms with Crippen molar-refractivity contribution >= 4 is 0 Å². The molecule has 4 rings (SSSR count). The molecule has 0 aliphatic heterocycles. The topological polar surface area (TPSA) is 54.5 Å². The summed E-state index contributed by atoms with van der Waals surface area (Å²) in [4.78, 5) is 1.77. The van der Waals surface area contributed by atoms with Crippen molar-refractivity contribution < 1.29 is 0 Å². The molecule has 0 saturated heterocycles. The number of aryl methyl sites for hydroxylation is 1. The van der Waals surface area contributed by atoms with E-state index in [2.05, 4.69) is 16.3 Å². The van der Waals surface area contributed by atoms with Gasteiger partial charge in [-0.1, -0.05) is 27.7 Å². The van der Waals surface area contributed by atoms with Crippen LogP contribution in [0.3, 0.4) is 0 Å². The van der Waals surface area contributed by atoms with E-state index in [4.69, 9.17) is 5.26 Å². The lowest BCUT2D eigenvalue weighted by molar-refractivity contribution is -0.175. The molecule has 0 atom stereocenters. The van der Waals surface area contributed by atoms with Gasteiger partial charge < -0.3 is 0 Å². The Kier molecular flexibility index (Phi) is 4.50. The molecular formula is C14H24N4. The molecule has 4 nitrogen and oxygen atoms in total. The van der Waals surface area contributed by atoms with E-state index in [1.54, 1.807) is 11.0 Å². The average molecular weight is 248 g/mol. The van der Waals surface area contributed by atoms with Crippen LogP contribution in [-0.4, -0.2) is 15.0 Å². The molecule has 0 aromatic carbocycles. The van der Waals surface area contributed by atoms with Gasteiger partial charge >= 0.3 is 0 Å². The van der Waals surface area contributed by atoms with Crippen molar-refractivity contribution in [3.8, 4) is 6.07 Å². The van der Waals surface area contributed by atoms with Gasteiger partial charge in [-0.3, -0.25) is 0 Å².